The summed E-state index contributed by atoms with van der Waals surface area (Å²) in [5.74, 6) is -0.696. The lowest BCUT2D eigenvalue weighted by atomic mass is 9.75. The normalized spacial score (nSPS) is 14.9. The number of carbonyl (C=O) groups is 2. The topological polar surface area (TPSA) is 66.8 Å². The minimum absolute atomic E-state index is 0.0664. The molecule has 1 saturated heterocycles. The summed E-state index contributed by atoms with van der Waals surface area (Å²) in [6.45, 7) is 6.63. The van der Waals surface area contributed by atoms with Crippen LogP contribution in [0, 0.1) is 0 Å². The molecule has 3 aromatic carbocycles. The number of hydrogen-bond acceptors (Lipinski definition) is 4. The number of hydrogen-bond donors (Lipinski definition) is 1. The number of carboxylic acids is 1. The molecule has 0 amide bonds. The summed E-state index contributed by atoms with van der Waals surface area (Å²) in [6, 6.07) is 28.1. The summed E-state index contributed by atoms with van der Waals surface area (Å²) in [4.78, 5) is 27.2. The number of rotatable bonds is 13. The van der Waals surface area contributed by atoms with Crippen molar-refractivity contribution in [2.45, 2.75) is 70.0 Å². The molecule has 39 heavy (non-hydrogen) atoms. The molecule has 0 aromatic heterocycles. The predicted molar refractivity (Wildman–Crippen MR) is 155 cm³/mol. The number of piperidine rings is 1. The Morgan fingerprint density at radius 1 is 0.872 bits per heavy atom. The predicted octanol–water partition coefficient (Wildman–Crippen LogP) is 7.06. The van der Waals surface area contributed by atoms with Crippen molar-refractivity contribution in [2.24, 2.45) is 0 Å². The smallest absolute Gasteiger partial charge is 0.314 e. The van der Waals surface area contributed by atoms with Crippen molar-refractivity contribution in [3.05, 3.63) is 107 Å². The third-order valence-electron chi connectivity index (χ3n) is 8.32. The van der Waals surface area contributed by atoms with Gasteiger partial charge in [-0.05, 0) is 55.3 Å². The van der Waals surface area contributed by atoms with Gasteiger partial charge in [0.05, 0.1) is 11.5 Å². The van der Waals surface area contributed by atoms with Crippen molar-refractivity contribution in [1.82, 2.24) is 4.90 Å². The van der Waals surface area contributed by atoms with E-state index in [0.717, 1.165) is 44.5 Å². The highest BCUT2D eigenvalue weighted by molar-refractivity contribution is 5.96. The number of nitrogens with zero attached hydrogens (tertiary/aromatic N) is 1. The molecule has 1 heterocycles. The summed E-state index contributed by atoms with van der Waals surface area (Å²) >= 11 is 0. The van der Waals surface area contributed by atoms with Crippen LogP contribution in [0.5, 0.6) is 0 Å². The second kappa shape index (κ2) is 13.7. The quantitative estimate of drug-likeness (QED) is 0.241. The molecule has 1 fully saturated rings. The van der Waals surface area contributed by atoms with Crippen LogP contribution in [-0.4, -0.2) is 47.5 Å². The van der Waals surface area contributed by atoms with Gasteiger partial charge in [-0.3, -0.25) is 9.59 Å². The first-order valence-electron chi connectivity index (χ1n) is 14.3. The Morgan fingerprint density at radius 2 is 1.41 bits per heavy atom. The van der Waals surface area contributed by atoms with Gasteiger partial charge in [0, 0.05) is 25.1 Å². The van der Waals surface area contributed by atoms with Crippen LogP contribution in [0.2, 0.25) is 0 Å². The SMILES string of the molecule is CCC(CC)(C(=O)O)c1ccc(C(=O)CCCN2CCC(OC(c3ccccc3)c3ccccc3)CC2)cc1. The highest BCUT2D eigenvalue weighted by Gasteiger charge is 2.36. The number of likely N-dealkylation sites (tertiary alicyclic amines) is 1. The fourth-order valence-corrected chi connectivity index (χ4v) is 5.73. The molecule has 0 spiro atoms. The Labute approximate surface area is 232 Å². The van der Waals surface area contributed by atoms with E-state index in [1.807, 2.05) is 38.1 Å². The lowest BCUT2D eigenvalue weighted by Gasteiger charge is -2.34. The zero-order chi connectivity index (χ0) is 27.7. The molecule has 1 aliphatic heterocycles. The first kappa shape index (κ1) is 28.7. The van der Waals surface area contributed by atoms with Crippen molar-refractivity contribution in [1.29, 1.82) is 0 Å². The molecular formula is C34H41NO4. The highest BCUT2D eigenvalue weighted by atomic mass is 16.5. The molecule has 0 aliphatic carbocycles. The van der Waals surface area contributed by atoms with E-state index in [-0.39, 0.29) is 18.0 Å². The number of ketones is 1. The summed E-state index contributed by atoms with van der Waals surface area (Å²) in [7, 11) is 0. The largest absolute Gasteiger partial charge is 0.481 e. The summed E-state index contributed by atoms with van der Waals surface area (Å²) < 4.78 is 6.66. The Bertz CT molecular complexity index is 1140. The first-order chi connectivity index (χ1) is 19.0. The maximum atomic E-state index is 12.8. The molecule has 0 saturated carbocycles. The van der Waals surface area contributed by atoms with E-state index in [1.54, 1.807) is 12.1 Å². The van der Waals surface area contributed by atoms with Crippen LogP contribution < -0.4 is 0 Å². The van der Waals surface area contributed by atoms with Crippen LogP contribution in [0.15, 0.2) is 84.9 Å². The lowest BCUT2D eigenvalue weighted by Crippen LogP contribution is -2.38. The van der Waals surface area contributed by atoms with Gasteiger partial charge in [-0.15, -0.1) is 0 Å². The Balaban J connectivity index is 1.25. The van der Waals surface area contributed by atoms with E-state index >= 15 is 0 Å². The standard InChI is InChI=1S/C34H41NO4/c1-3-34(4-2,33(37)38)29-19-17-26(18-20-29)31(36)16-11-23-35-24-21-30(22-25-35)39-32(27-12-7-5-8-13-27)28-14-9-6-10-15-28/h5-10,12-15,17-20,30,32H,3-4,11,16,21-25H2,1-2H3,(H,37,38). The third-order valence-corrected chi connectivity index (χ3v) is 8.32. The van der Waals surface area contributed by atoms with Crippen LogP contribution >= 0.6 is 0 Å². The Morgan fingerprint density at radius 3 is 1.90 bits per heavy atom. The average molecular weight is 528 g/mol. The number of Topliss-reactive ketones (excluding diaryl/α,β-unsaturated/α-hetero) is 1. The fourth-order valence-electron chi connectivity index (χ4n) is 5.73. The summed E-state index contributed by atoms with van der Waals surface area (Å²) in [5, 5.41) is 9.78. The number of aliphatic carboxylic acids is 1. The summed E-state index contributed by atoms with van der Waals surface area (Å²) in [6.07, 6.45) is 4.44. The molecule has 0 radical (unpaired) electrons. The Kier molecular flexibility index (Phi) is 10.1. The van der Waals surface area contributed by atoms with E-state index in [2.05, 4.69) is 53.4 Å². The molecular weight excluding hydrogens is 486 g/mol. The van der Waals surface area contributed by atoms with Gasteiger partial charge in [-0.1, -0.05) is 98.8 Å². The second-order valence-electron chi connectivity index (χ2n) is 10.6. The molecule has 0 unspecified atom stereocenters. The molecule has 5 heteroatoms. The van der Waals surface area contributed by atoms with Gasteiger partial charge in [0.1, 0.15) is 6.10 Å². The molecule has 4 rings (SSSR count). The zero-order valence-corrected chi connectivity index (χ0v) is 23.2. The van der Waals surface area contributed by atoms with E-state index in [4.69, 9.17) is 4.74 Å². The second-order valence-corrected chi connectivity index (χ2v) is 10.6. The van der Waals surface area contributed by atoms with Crippen molar-refractivity contribution >= 4 is 11.8 Å². The molecule has 1 aliphatic rings. The van der Waals surface area contributed by atoms with Gasteiger partial charge in [0.2, 0.25) is 0 Å². The van der Waals surface area contributed by atoms with E-state index in [0.29, 0.717) is 24.8 Å². The van der Waals surface area contributed by atoms with Crippen LogP contribution in [0.25, 0.3) is 0 Å². The van der Waals surface area contributed by atoms with Crippen LogP contribution in [0.4, 0.5) is 0 Å². The molecule has 1 N–H and O–H groups in total. The zero-order valence-electron chi connectivity index (χ0n) is 23.2. The number of ether oxygens (including phenoxy) is 1. The van der Waals surface area contributed by atoms with Crippen LogP contribution in [0.3, 0.4) is 0 Å². The average Bonchev–Trinajstić information content (AvgIpc) is 2.98. The number of carbonyl (C=O) groups excluding carboxylic acids is 1. The third kappa shape index (κ3) is 7.03. The van der Waals surface area contributed by atoms with Crippen molar-refractivity contribution in [3.8, 4) is 0 Å². The van der Waals surface area contributed by atoms with Crippen molar-refractivity contribution < 1.29 is 19.4 Å². The van der Waals surface area contributed by atoms with E-state index in [1.165, 1.54) is 11.1 Å². The first-order valence-corrected chi connectivity index (χ1v) is 14.3. The number of carboxylic acid groups (broad SMARTS) is 1. The Hall–Kier alpha value is -3.28. The van der Waals surface area contributed by atoms with Gasteiger partial charge in [-0.2, -0.15) is 0 Å². The monoisotopic (exact) mass is 527 g/mol. The fraction of sp³-hybridized carbons (Fsp3) is 0.412. The van der Waals surface area contributed by atoms with E-state index < -0.39 is 11.4 Å². The molecule has 5 nitrogen and oxygen atoms in total. The molecule has 0 bridgehead atoms. The molecule has 206 valence electrons. The van der Waals surface area contributed by atoms with Crippen LogP contribution in [-0.2, 0) is 14.9 Å². The van der Waals surface area contributed by atoms with Gasteiger partial charge in [0.25, 0.3) is 0 Å². The maximum Gasteiger partial charge on any atom is 0.314 e. The molecule has 3 aromatic rings. The molecule has 0 atom stereocenters. The van der Waals surface area contributed by atoms with Gasteiger partial charge in [0.15, 0.2) is 5.78 Å². The number of benzene rings is 3. The van der Waals surface area contributed by atoms with E-state index in [9.17, 15) is 14.7 Å². The lowest BCUT2D eigenvalue weighted by molar-refractivity contribution is -0.144. The van der Waals surface area contributed by atoms with Gasteiger partial charge >= 0.3 is 5.97 Å². The highest BCUT2D eigenvalue weighted by Crippen LogP contribution is 2.33. The van der Waals surface area contributed by atoms with Crippen LogP contribution in [0.1, 0.15) is 85.5 Å². The van der Waals surface area contributed by atoms with Gasteiger partial charge in [-0.25, -0.2) is 0 Å². The van der Waals surface area contributed by atoms with Gasteiger partial charge < -0.3 is 14.7 Å². The van der Waals surface area contributed by atoms with Crippen molar-refractivity contribution in [3.63, 3.8) is 0 Å². The minimum atomic E-state index is -0.889. The minimum Gasteiger partial charge on any atom is -0.481 e. The van der Waals surface area contributed by atoms with Crippen molar-refractivity contribution in [2.75, 3.05) is 19.6 Å². The maximum absolute atomic E-state index is 12.8. The summed E-state index contributed by atoms with van der Waals surface area (Å²) in [5.41, 5.74) is 2.89.